The fraction of sp³-hybridized carbons (Fsp3) is 0.462. The minimum absolute atomic E-state index is 0.0691. The summed E-state index contributed by atoms with van der Waals surface area (Å²) in [5, 5.41) is 18.8. The highest BCUT2D eigenvalue weighted by Gasteiger charge is 2.29. The maximum Gasteiger partial charge on any atom is 0.321 e. The second-order valence-corrected chi connectivity index (χ2v) is 5.68. The van der Waals surface area contributed by atoms with Crippen molar-refractivity contribution in [2.45, 2.75) is 30.2 Å². The van der Waals surface area contributed by atoms with Gasteiger partial charge in [-0.2, -0.15) is 0 Å². The van der Waals surface area contributed by atoms with E-state index in [9.17, 15) is 9.90 Å². The lowest BCUT2D eigenvalue weighted by Crippen LogP contribution is -2.34. The van der Waals surface area contributed by atoms with Gasteiger partial charge in [-0.25, -0.2) is 0 Å². The van der Waals surface area contributed by atoms with Crippen LogP contribution in [0.4, 0.5) is 0 Å². The van der Waals surface area contributed by atoms with Crippen molar-refractivity contribution in [3.8, 4) is 0 Å². The van der Waals surface area contributed by atoms with E-state index in [0.29, 0.717) is 5.75 Å². The summed E-state index contributed by atoms with van der Waals surface area (Å²) < 4.78 is 0. The largest absolute Gasteiger partial charge is 0.480 e. The minimum Gasteiger partial charge on any atom is -0.480 e. The Hall–Kier alpha value is -1.04. The lowest BCUT2D eigenvalue weighted by Gasteiger charge is -2.30. The quantitative estimate of drug-likeness (QED) is 0.763. The second kappa shape index (κ2) is 5.73. The van der Waals surface area contributed by atoms with E-state index in [-0.39, 0.29) is 5.25 Å². The number of benzene rings is 1. The van der Waals surface area contributed by atoms with Crippen molar-refractivity contribution < 1.29 is 15.0 Å². The van der Waals surface area contributed by atoms with Gasteiger partial charge in [0.15, 0.2) is 0 Å². The Morgan fingerprint density at radius 3 is 2.94 bits per heavy atom. The summed E-state index contributed by atoms with van der Waals surface area (Å²) in [5.74, 6) is -0.688. The molecule has 3 atom stereocenters. The van der Waals surface area contributed by atoms with E-state index >= 15 is 0 Å². The average molecular weight is 267 g/mol. The summed E-state index contributed by atoms with van der Waals surface area (Å²) in [6, 6.07) is 7.12. The third-order valence-electron chi connectivity index (χ3n) is 3.19. The second-order valence-electron chi connectivity index (χ2n) is 4.50. The number of nitrogens with two attached hydrogens (primary N) is 1. The molecule has 0 saturated carbocycles. The predicted octanol–water partition coefficient (Wildman–Crippen LogP) is 1.18. The number of aliphatic hydroxyl groups is 1. The number of hydrogen-bond donors (Lipinski definition) is 3. The lowest BCUT2D eigenvalue weighted by molar-refractivity contribution is -0.137. The number of aryl methyl sites for hydroxylation is 1. The van der Waals surface area contributed by atoms with E-state index in [0.717, 1.165) is 18.4 Å². The third kappa shape index (κ3) is 2.85. The number of hydrogen-bond acceptors (Lipinski definition) is 4. The Balaban J connectivity index is 2.09. The minimum atomic E-state index is -0.999. The Morgan fingerprint density at radius 2 is 2.22 bits per heavy atom. The summed E-state index contributed by atoms with van der Waals surface area (Å²) in [6.07, 6.45) is 1.17. The van der Waals surface area contributed by atoms with E-state index in [1.165, 1.54) is 17.3 Å². The average Bonchev–Trinajstić information content (AvgIpc) is 2.37. The molecule has 2 unspecified atom stereocenters. The van der Waals surface area contributed by atoms with Gasteiger partial charge in [-0.15, -0.1) is 11.8 Å². The van der Waals surface area contributed by atoms with Crippen LogP contribution < -0.4 is 5.73 Å². The zero-order valence-corrected chi connectivity index (χ0v) is 10.8. The van der Waals surface area contributed by atoms with Gasteiger partial charge in [0.25, 0.3) is 0 Å². The number of carboxylic acids is 1. The van der Waals surface area contributed by atoms with Gasteiger partial charge in [0.1, 0.15) is 6.04 Å². The molecule has 1 aromatic rings. The smallest absolute Gasteiger partial charge is 0.321 e. The molecule has 5 heteroatoms. The Labute approximate surface area is 110 Å². The molecule has 1 aromatic carbocycles. The maximum absolute atomic E-state index is 10.7. The lowest BCUT2D eigenvalue weighted by atomic mass is 9.89. The molecular formula is C13H17NO3S. The molecule has 0 heterocycles. The van der Waals surface area contributed by atoms with Crippen LogP contribution >= 0.6 is 11.8 Å². The molecule has 4 N–H and O–H groups in total. The highest BCUT2D eigenvalue weighted by Crippen LogP contribution is 2.39. The van der Waals surface area contributed by atoms with Crippen LogP contribution in [0.2, 0.25) is 0 Å². The molecule has 18 heavy (non-hydrogen) atoms. The van der Waals surface area contributed by atoms with Gasteiger partial charge >= 0.3 is 5.97 Å². The molecule has 0 aromatic heterocycles. The molecule has 0 saturated heterocycles. The normalized spacial score (nSPS) is 24.3. The van der Waals surface area contributed by atoms with Crippen LogP contribution in [-0.2, 0) is 11.2 Å². The highest BCUT2D eigenvalue weighted by molar-refractivity contribution is 7.99. The van der Waals surface area contributed by atoms with Crippen molar-refractivity contribution in [2.75, 3.05) is 5.75 Å². The Kier molecular flexibility index (Phi) is 4.27. The number of rotatable bonds is 4. The molecule has 0 fully saturated rings. The zero-order chi connectivity index (χ0) is 13.1. The van der Waals surface area contributed by atoms with E-state index in [1.54, 1.807) is 0 Å². The summed E-state index contributed by atoms with van der Waals surface area (Å²) >= 11 is 1.43. The van der Waals surface area contributed by atoms with Gasteiger partial charge in [-0.05, 0) is 24.0 Å². The van der Waals surface area contributed by atoms with Crippen LogP contribution in [-0.4, -0.2) is 34.1 Å². The van der Waals surface area contributed by atoms with E-state index in [4.69, 9.17) is 10.8 Å². The number of aliphatic carboxylic acids is 1. The number of thioether (sulfide) groups is 1. The van der Waals surface area contributed by atoms with Gasteiger partial charge < -0.3 is 15.9 Å². The summed E-state index contributed by atoms with van der Waals surface area (Å²) in [4.78, 5) is 10.7. The Bertz CT molecular complexity index is 438. The number of fused-ring (bicyclic) bond motifs is 1. The van der Waals surface area contributed by atoms with Crippen LogP contribution in [0.5, 0.6) is 0 Å². The van der Waals surface area contributed by atoms with Crippen molar-refractivity contribution in [1.82, 2.24) is 0 Å². The van der Waals surface area contributed by atoms with Gasteiger partial charge in [0, 0.05) is 5.75 Å². The van der Waals surface area contributed by atoms with Crippen molar-refractivity contribution in [2.24, 2.45) is 5.73 Å². The third-order valence-corrected chi connectivity index (χ3v) is 4.67. The van der Waals surface area contributed by atoms with Crippen molar-refractivity contribution >= 4 is 17.7 Å². The molecule has 0 radical (unpaired) electrons. The van der Waals surface area contributed by atoms with Gasteiger partial charge in [0.05, 0.1) is 11.4 Å². The highest BCUT2D eigenvalue weighted by atomic mass is 32.2. The molecule has 1 aliphatic rings. The van der Waals surface area contributed by atoms with Crippen molar-refractivity contribution in [1.29, 1.82) is 0 Å². The number of aliphatic hydroxyl groups excluding tert-OH is 1. The fourth-order valence-electron chi connectivity index (χ4n) is 2.18. The van der Waals surface area contributed by atoms with Crippen LogP contribution in [0, 0.1) is 0 Å². The molecule has 1 aliphatic carbocycles. The maximum atomic E-state index is 10.7. The molecule has 0 bridgehead atoms. The van der Waals surface area contributed by atoms with Crippen LogP contribution in [0.1, 0.15) is 22.8 Å². The van der Waals surface area contributed by atoms with Crippen LogP contribution in [0.3, 0.4) is 0 Å². The summed E-state index contributed by atoms with van der Waals surface area (Å²) in [7, 11) is 0. The van der Waals surface area contributed by atoms with Crippen molar-refractivity contribution in [3.63, 3.8) is 0 Å². The van der Waals surface area contributed by atoms with Crippen LogP contribution in [0.15, 0.2) is 24.3 Å². The molecule has 98 valence electrons. The van der Waals surface area contributed by atoms with E-state index in [1.807, 2.05) is 18.2 Å². The van der Waals surface area contributed by atoms with Crippen LogP contribution in [0.25, 0.3) is 0 Å². The molecule has 4 nitrogen and oxygen atoms in total. The van der Waals surface area contributed by atoms with Crippen molar-refractivity contribution in [3.05, 3.63) is 35.4 Å². The standard InChI is InChI=1S/C13H17NO3S/c14-10(13(16)17)7-18-12-9-4-2-1-3-8(9)5-6-11(12)15/h1-4,10-12,15H,5-7,14H2,(H,16,17)/t10-,11?,12?/m0/s1. The first-order valence-electron chi connectivity index (χ1n) is 5.95. The summed E-state index contributed by atoms with van der Waals surface area (Å²) in [6.45, 7) is 0. The topological polar surface area (TPSA) is 83.5 Å². The first kappa shape index (κ1) is 13.4. The molecule has 2 rings (SSSR count). The first-order chi connectivity index (χ1) is 8.59. The molecule has 0 amide bonds. The van der Waals surface area contributed by atoms with Gasteiger partial charge in [-0.3, -0.25) is 4.79 Å². The monoisotopic (exact) mass is 267 g/mol. The molecule has 0 aliphatic heterocycles. The Morgan fingerprint density at radius 1 is 1.50 bits per heavy atom. The SMILES string of the molecule is N[C@@H](CSC1c2ccccc2CCC1O)C(=O)O. The fourth-order valence-corrected chi connectivity index (χ4v) is 3.51. The zero-order valence-electron chi connectivity index (χ0n) is 9.95. The number of carbonyl (C=O) groups is 1. The van der Waals surface area contributed by atoms with E-state index in [2.05, 4.69) is 6.07 Å². The molecule has 0 spiro atoms. The number of carboxylic acid groups (broad SMARTS) is 1. The predicted molar refractivity (Wildman–Crippen MR) is 71.6 cm³/mol. The first-order valence-corrected chi connectivity index (χ1v) is 7.00. The summed E-state index contributed by atoms with van der Waals surface area (Å²) in [5.41, 5.74) is 7.85. The van der Waals surface area contributed by atoms with Gasteiger partial charge in [0.2, 0.25) is 0 Å². The van der Waals surface area contributed by atoms with Gasteiger partial charge in [-0.1, -0.05) is 24.3 Å². The van der Waals surface area contributed by atoms with E-state index < -0.39 is 18.1 Å². The molecular weight excluding hydrogens is 250 g/mol.